The maximum atomic E-state index is 12.5. The number of rotatable bonds is 3. The van der Waals surface area contributed by atoms with Gasteiger partial charge in [0.15, 0.2) is 5.82 Å². The average Bonchev–Trinajstić information content (AvgIpc) is 3.04. The van der Waals surface area contributed by atoms with Gasteiger partial charge in [-0.3, -0.25) is 9.59 Å². The third-order valence-electron chi connectivity index (χ3n) is 3.94. The Balaban J connectivity index is 1.66. The first-order valence-corrected chi connectivity index (χ1v) is 7.02. The van der Waals surface area contributed by atoms with Crippen LogP contribution < -0.4 is 0 Å². The summed E-state index contributed by atoms with van der Waals surface area (Å²) in [5.74, 6) is 1.29. The van der Waals surface area contributed by atoms with Crippen molar-refractivity contribution in [2.45, 2.75) is 38.6 Å². The third kappa shape index (κ3) is 2.39. The number of fused-ring (bicyclic) bond motifs is 1. The highest BCUT2D eigenvalue weighted by molar-refractivity contribution is 5.90. The Morgan fingerprint density at radius 3 is 2.95 bits per heavy atom. The fourth-order valence-corrected chi connectivity index (χ4v) is 2.92. The summed E-state index contributed by atoms with van der Waals surface area (Å²) >= 11 is 0. The Labute approximate surface area is 116 Å². The van der Waals surface area contributed by atoms with Gasteiger partial charge in [0.1, 0.15) is 6.04 Å². The lowest BCUT2D eigenvalue weighted by molar-refractivity contribution is -0.139. The Hall–Kier alpha value is -1.92. The van der Waals surface area contributed by atoms with Crippen LogP contribution in [0, 0.1) is 6.92 Å². The van der Waals surface area contributed by atoms with Gasteiger partial charge in [-0.1, -0.05) is 5.16 Å². The van der Waals surface area contributed by atoms with Gasteiger partial charge in [-0.25, -0.2) is 0 Å². The molecule has 1 aromatic heterocycles. The van der Waals surface area contributed by atoms with E-state index in [4.69, 9.17) is 4.52 Å². The van der Waals surface area contributed by atoms with Crippen LogP contribution in [0.5, 0.6) is 0 Å². The van der Waals surface area contributed by atoms with Crippen molar-refractivity contribution in [3.05, 3.63) is 11.7 Å². The molecule has 3 rings (SSSR count). The molecule has 1 unspecified atom stereocenters. The van der Waals surface area contributed by atoms with Crippen molar-refractivity contribution in [3.63, 3.8) is 0 Å². The summed E-state index contributed by atoms with van der Waals surface area (Å²) in [4.78, 5) is 32.1. The summed E-state index contributed by atoms with van der Waals surface area (Å²) in [6.45, 7) is 3.48. The van der Waals surface area contributed by atoms with Crippen molar-refractivity contribution in [1.29, 1.82) is 0 Å². The van der Waals surface area contributed by atoms with Gasteiger partial charge in [-0.05, 0) is 12.8 Å². The number of hydrogen-bond donors (Lipinski definition) is 0. The molecule has 2 aliphatic rings. The minimum atomic E-state index is -0.253. The van der Waals surface area contributed by atoms with Crippen molar-refractivity contribution in [2.75, 3.05) is 19.6 Å². The zero-order chi connectivity index (χ0) is 14.1. The highest BCUT2D eigenvalue weighted by Crippen LogP contribution is 2.23. The molecule has 7 nitrogen and oxygen atoms in total. The van der Waals surface area contributed by atoms with E-state index in [1.54, 1.807) is 16.7 Å². The highest BCUT2D eigenvalue weighted by atomic mass is 16.5. The first kappa shape index (κ1) is 13.1. The molecular weight excluding hydrogens is 260 g/mol. The monoisotopic (exact) mass is 278 g/mol. The van der Waals surface area contributed by atoms with Crippen LogP contribution >= 0.6 is 0 Å². The minimum Gasteiger partial charge on any atom is -0.340 e. The second kappa shape index (κ2) is 5.22. The fourth-order valence-electron chi connectivity index (χ4n) is 2.92. The van der Waals surface area contributed by atoms with Crippen LogP contribution in [-0.4, -0.2) is 57.4 Å². The number of hydrogen-bond acceptors (Lipinski definition) is 5. The molecule has 20 heavy (non-hydrogen) atoms. The molecule has 0 aliphatic carbocycles. The van der Waals surface area contributed by atoms with E-state index in [2.05, 4.69) is 10.1 Å². The summed E-state index contributed by atoms with van der Waals surface area (Å²) in [6.07, 6.45) is 2.67. The topological polar surface area (TPSA) is 79.5 Å². The second-order valence-electron chi connectivity index (χ2n) is 5.30. The minimum absolute atomic E-state index is 0.0635. The zero-order valence-corrected chi connectivity index (χ0v) is 11.5. The van der Waals surface area contributed by atoms with Gasteiger partial charge >= 0.3 is 0 Å². The van der Waals surface area contributed by atoms with E-state index in [0.717, 1.165) is 12.8 Å². The van der Waals surface area contributed by atoms with Gasteiger partial charge in [-0.15, -0.1) is 0 Å². The summed E-state index contributed by atoms with van der Waals surface area (Å²) in [5, 5.41) is 3.83. The molecule has 2 saturated heterocycles. The predicted molar refractivity (Wildman–Crippen MR) is 68.7 cm³/mol. The van der Waals surface area contributed by atoms with E-state index < -0.39 is 0 Å². The molecule has 3 heterocycles. The number of aryl methyl sites for hydroxylation is 1. The summed E-state index contributed by atoms with van der Waals surface area (Å²) in [5.41, 5.74) is 0. The van der Waals surface area contributed by atoms with Gasteiger partial charge in [0.2, 0.25) is 17.7 Å². The van der Waals surface area contributed by atoms with Crippen LogP contribution in [0.2, 0.25) is 0 Å². The summed E-state index contributed by atoms with van der Waals surface area (Å²) in [6, 6.07) is -0.253. The summed E-state index contributed by atoms with van der Waals surface area (Å²) in [7, 11) is 0. The average molecular weight is 278 g/mol. The fraction of sp³-hybridized carbons (Fsp3) is 0.692. The molecule has 1 aromatic rings. The number of carbonyl (C=O) groups excluding carboxylic acids is 2. The first-order chi connectivity index (χ1) is 9.65. The number of carbonyl (C=O) groups is 2. The molecule has 0 radical (unpaired) electrons. The van der Waals surface area contributed by atoms with Crippen molar-refractivity contribution in [1.82, 2.24) is 19.9 Å². The number of nitrogens with zero attached hydrogens (tertiary/aromatic N) is 4. The van der Waals surface area contributed by atoms with Crippen molar-refractivity contribution >= 4 is 11.8 Å². The molecule has 1 atom stereocenters. The van der Waals surface area contributed by atoms with E-state index in [0.29, 0.717) is 44.2 Å². The largest absolute Gasteiger partial charge is 0.340 e. The molecule has 2 aliphatic heterocycles. The quantitative estimate of drug-likeness (QED) is 0.786. The Kier molecular flexibility index (Phi) is 3.42. The van der Waals surface area contributed by atoms with Crippen LogP contribution in [0.15, 0.2) is 4.52 Å². The van der Waals surface area contributed by atoms with E-state index in [-0.39, 0.29) is 17.9 Å². The van der Waals surface area contributed by atoms with E-state index in [1.165, 1.54) is 0 Å². The van der Waals surface area contributed by atoms with Crippen LogP contribution in [0.4, 0.5) is 0 Å². The molecule has 0 aromatic carbocycles. The van der Waals surface area contributed by atoms with Gasteiger partial charge in [0.05, 0.1) is 0 Å². The maximum absolute atomic E-state index is 12.5. The van der Waals surface area contributed by atoms with Crippen LogP contribution in [0.1, 0.15) is 31.0 Å². The first-order valence-electron chi connectivity index (χ1n) is 7.02. The lowest BCUT2D eigenvalue weighted by Crippen LogP contribution is -2.44. The zero-order valence-electron chi connectivity index (χ0n) is 11.5. The SMILES string of the molecule is Cc1nc(CCN2CCC(=O)N3CCCC3C2=O)no1. The Morgan fingerprint density at radius 1 is 1.35 bits per heavy atom. The molecule has 0 bridgehead atoms. The predicted octanol–water partition coefficient (Wildman–Crippen LogP) is 0.144. The lowest BCUT2D eigenvalue weighted by Gasteiger charge is -2.24. The van der Waals surface area contributed by atoms with Crippen molar-refractivity contribution < 1.29 is 14.1 Å². The molecule has 108 valence electrons. The molecular formula is C13H18N4O3. The Morgan fingerprint density at radius 2 is 2.20 bits per heavy atom. The molecule has 0 saturated carbocycles. The highest BCUT2D eigenvalue weighted by Gasteiger charge is 2.38. The molecule has 2 amide bonds. The normalized spacial score (nSPS) is 23.1. The van der Waals surface area contributed by atoms with E-state index >= 15 is 0 Å². The van der Waals surface area contributed by atoms with Gasteiger partial charge in [0.25, 0.3) is 0 Å². The molecule has 0 N–H and O–H groups in total. The molecule has 2 fully saturated rings. The number of amides is 2. The maximum Gasteiger partial charge on any atom is 0.245 e. The molecule has 7 heteroatoms. The number of aromatic nitrogens is 2. The standard InChI is InChI=1S/C13H18N4O3/c1-9-14-11(15-20-9)4-7-16-8-5-12(18)17-6-2-3-10(17)13(16)19/h10H,2-8H2,1H3. The van der Waals surface area contributed by atoms with Crippen molar-refractivity contribution in [2.24, 2.45) is 0 Å². The van der Waals surface area contributed by atoms with Crippen LogP contribution in [0.3, 0.4) is 0 Å². The van der Waals surface area contributed by atoms with E-state index in [1.807, 2.05) is 0 Å². The van der Waals surface area contributed by atoms with Gasteiger partial charge in [0, 0.05) is 39.4 Å². The molecule has 0 spiro atoms. The lowest BCUT2D eigenvalue weighted by atomic mass is 10.2. The Bertz CT molecular complexity index is 527. The van der Waals surface area contributed by atoms with Gasteiger partial charge in [-0.2, -0.15) is 4.98 Å². The van der Waals surface area contributed by atoms with E-state index in [9.17, 15) is 9.59 Å². The van der Waals surface area contributed by atoms with Crippen molar-refractivity contribution in [3.8, 4) is 0 Å². The smallest absolute Gasteiger partial charge is 0.245 e. The third-order valence-corrected chi connectivity index (χ3v) is 3.94. The van der Waals surface area contributed by atoms with Crippen LogP contribution in [0.25, 0.3) is 0 Å². The summed E-state index contributed by atoms with van der Waals surface area (Å²) < 4.78 is 4.92. The van der Waals surface area contributed by atoms with Crippen LogP contribution in [-0.2, 0) is 16.0 Å². The second-order valence-corrected chi connectivity index (χ2v) is 5.30. The van der Waals surface area contributed by atoms with Gasteiger partial charge < -0.3 is 14.3 Å².